The average molecular weight is 725 g/mol. The number of rotatable bonds is 4. The molecule has 0 saturated carbocycles. The molecule has 0 unspecified atom stereocenters. The van der Waals surface area contributed by atoms with E-state index in [1.54, 1.807) is 6.07 Å². The molecule has 0 aliphatic heterocycles. The topological polar surface area (TPSA) is 47.3 Å². The van der Waals surface area contributed by atoms with Crippen molar-refractivity contribution in [3.05, 3.63) is 198 Å². The molecule has 57 heavy (non-hydrogen) atoms. The maximum Gasteiger partial charge on any atom is 0.211 e. The van der Waals surface area contributed by atoms with Gasteiger partial charge in [-0.1, -0.05) is 97.1 Å². The van der Waals surface area contributed by atoms with Crippen LogP contribution in [-0.2, 0) is 0 Å². The monoisotopic (exact) mass is 724 g/mol. The van der Waals surface area contributed by atoms with Crippen molar-refractivity contribution < 1.29 is 0 Å². The number of benzene rings is 8. The van der Waals surface area contributed by atoms with Gasteiger partial charge in [0.2, 0.25) is 5.69 Å². The molecule has 11 aromatic rings. The third-order valence-corrected chi connectivity index (χ3v) is 11.3. The molecule has 0 fully saturated rings. The minimum Gasteiger partial charge on any atom is -0.318 e. The van der Waals surface area contributed by atoms with Crippen molar-refractivity contribution in [1.82, 2.24) is 13.7 Å². The van der Waals surface area contributed by atoms with E-state index in [9.17, 15) is 5.26 Å². The van der Waals surface area contributed by atoms with Gasteiger partial charge in [-0.3, -0.25) is 0 Å². The molecule has 11 rings (SSSR count). The lowest BCUT2D eigenvalue weighted by Gasteiger charge is -2.17. The fourth-order valence-electron chi connectivity index (χ4n) is 8.85. The maximum absolute atomic E-state index is 9.76. The lowest BCUT2D eigenvalue weighted by Crippen LogP contribution is -1.99. The zero-order valence-electron chi connectivity index (χ0n) is 30.3. The SMILES string of the molecule is [C-]#[N+]c1ccc2c(c1)c1cc(C#N)ccc1n2-c1c([N+]#[C-])cccc1-c1ccc(-n2c3ccccc3c3ccc(-n4c5ccccc5c5ccccc54)cc32)cc1. The molecule has 6 heteroatoms. The summed E-state index contributed by atoms with van der Waals surface area (Å²) in [5.74, 6) is 0. The minimum atomic E-state index is 0.508. The Hall–Kier alpha value is -8.37. The van der Waals surface area contributed by atoms with Gasteiger partial charge >= 0.3 is 0 Å². The molecule has 0 saturated heterocycles. The van der Waals surface area contributed by atoms with Crippen LogP contribution in [0.1, 0.15) is 5.56 Å². The van der Waals surface area contributed by atoms with Crippen molar-refractivity contribution in [2.24, 2.45) is 0 Å². The van der Waals surface area contributed by atoms with E-state index < -0.39 is 0 Å². The molecule has 0 bridgehead atoms. The fraction of sp³-hybridized carbons (Fsp3) is 0. The highest BCUT2D eigenvalue weighted by atomic mass is 15.0. The van der Waals surface area contributed by atoms with Crippen LogP contribution in [0.3, 0.4) is 0 Å². The summed E-state index contributed by atoms with van der Waals surface area (Å²) >= 11 is 0. The Morgan fingerprint density at radius 1 is 0.421 bits per heavy atom. The van der Waals surface area contributed by atoms with Gasteiger partial charge < -0.3 is 13.7 Å². The summed E-state index contributed by atoms with van der Waals surface area (Å²) in [6.07, 6.45) is 0. The van der Waals surface area contributed by atoms with E-state index in [-0.39, 0.29) is 0 Å². The molecule has 8 aromatic carbocycles. The van der Waals surface area contributed by atoms with Crippen molar-refractivity contribution in [2.75, 3.05) is 0 Å². The summed E-state index contributed by atoms with van der Waals surface area (Å²) in [6, 6.07) is 60.5. The first kappa shape index (κ1) is 32.1. The Morgan fingerprint density at radius 3 is 1.61 bits per heavy atom. The number of aromatic nitrogens is 3. The van der Waals surface area contributed by atoms with E-state index in [1.165, 1.54) is 32.6 Å². The average Bonchev–Trinajstić information content (AvgIpc) is 3.90. The van der Waals surface area contributed by atoms with Gasteiger partial charge in [0, 0.05) is 38.3 Å². The Labute approximate surface area is 327 Å². The molecule has 0 spiro atoms. The number of hydrogen-bond donors (Lipinski definition) is 0. The smallest absolute Gasteiger partial charge is 0.211 e. The highest BCUT2D eigenvalue weighted by Gasteiger charge is 2.21. The molecule has 0 atom stereocenters. The van der Waals surface area contributed by atoms with Crippen molar-refractivity contribution in [2.45, 2.75) is 0 Å². The Morgan fingerprint density at radius 2 is 0.982 bits per heavy atom. The van der Waals surface area contributed by atoms with E-state index in [2.05, 4.69) is 151 Å². The van der Waals surface area contributed by atoms with Crippen LogP contribution in [0.4, 0.5) is 11.4 Å². The molecule has 0 radical (unpaired) electrons. The van der Waals surface area contributed by atoms with Crippen LogP contribution in [0, 0.1) is 24.5 Å². The van der Waals surface area contributed by atoms with E-state index in [0.717, 1.165) is 61.0 Å². The molecule has 3 aromatic heterocycles. The van der Waals surface area contributed by atoms with Crippen LogP contribution in [0.15, 0.2) is 170 Å². The highest BCUT2D eigenvalue weighted by Crippen LogP contribution is 2.43. The van der Waals surface area contributed by atoms with E-state index in [1.807, 2.05) is 42.5 Å². The molecule has 0 amide bonds. The first-order chi connectivity index (χ1) is 28.1. The van der Waals surface area contributed by atoms with Gasteiger partial charge in [0.1, 0.15) is 0 Å². The summed E-state index contributed by atoms with van der Waals surface area (Å²) in [5.41, 5.74) is 12.6. The molecular formula is C51H28N6. The predicted molar refractivity (Wildman–Crippen MR) is 232 cm³/mol. The van der Waals surface area contributed by atoms with Gasteiger partial charge in [0.25, 0.3) is 0 Å². The lowest BCUT2D eigenvalue weighted by molar-refractivity contribution is 1.15. The van der Waals surface area contributed by atoms with Crippen molar-refractivity contribution in [3.8, 4) is 34.3 Å². The molecule has 0 aliphatic rings. The number of fused-ring (bicyclic) bond motifs is 9. The molecular weight excluding hydrogens is 697 g/mol. The summed E-state index contributed by atoms with van der Waals surface area (Å²) in [4.78, 5) is 7.69. The summed E-state index contributed by atoms with van der Waals surface area (Å²) < 4.78 is 6.82. The van der Waals surface area contributed by atoms with Gasteiger partial charge in [-0.2, -0.15) is 5.26 Å². The number of para-hydroxylation sites is 4. The summed E-state index contributed by atoms with van der Waals surface area (Å²) in [6.45, 7) is 15.9. The van der Waals surface area contributed by atoms with Crippen molar-refractivity contribution >= 4 is 76.8 Å². The lowest BCUT2D eigenvalue weighted by atomic mass is 10.0. The van der Waals surface area contributed by atoms with Gasteiger partial charge in [0.05, 0.1) is 63.6 Å². The van der Waals surface area contributed by atoms with Gasteiger partial charge in [0.15, 0.2) is 5.69 Å². The maximum atomic E-state index is 9.76. The van der Waals surface area contributed by atoms with Crippen LogP contribution in [0.5, 0.6) is 0 Å². The van der Waals surface area contributed by atoms with Crippen LogP contribution in [0.2, 0.25) is 0 Å². The fourth-order valence-corrected chi connectivity index (χ4v) is 8.85. The molecule has 6 nitrogen and oxygen atoms in total. The standard InChI is InChI=1S/C51H28N6/c1-53-34-21-27-49-43(29-34)42-28-32(31-52)18-26-48(42)57(49)51-37(13-9-14-44(51)54-2)33-19-22-35(23-20-33)55-45-15-6-5-12-40(45)41-25-24-36(30-50(41)55)56-46-16-7-3-10-38(46)39-11-4-8-17-47(39)56/h3-30H. The number of nitrogens with zero attached hydrogens (tertiary/aromatic N) is 6. The second-order valence-electron chi connectivity index (χ2n) is 14.2. The normalized spacial score (nSPS) is 11.5. The highest BCUT2D eigenvalue weighted by molar-refractivity contribution is 6.13. The Balaban J connectivity index is 1.11. The van der Waals surface area contributed by atoms with E-state index in [4.69, 9.17) is 13.1 Å². The Kier molecular flexibility index (Phi) is 6.95. The predicted octanol–water partition coefficient (Wildman–Crippen LogP) is 13.6. The number of hydrogen-bond acceptors (Lipinski definition) is 1. The third-order valence-electron chi connectivity index (χ3n) is 11.3. The Bertz CT molecular complexity index is 3490. The van der Waals surface area contributed by atoms with Gasteiger partial charge in [-0.25, -0.2) is 9.69 Å². The second-order valence-corrected chi connectivity index (χ2v) is 14.2. The number of nitriles is 1. The molecule has 262 valence electrons. The molecule has 0 N–H and O–H groups in total. The zero-order chi connectivity index (χ0) is 38.2. The van der Waals surface area contributed by atoms with Crippen molar-refractivity contribution in [3.63, 3.8) is 0 Å². The van der Waals surface area contributed by atoms with Crippen LogP contribution in [-0.4, -0.2) is 13.7 Å². The molecule has 3 heterocycles. The first-order valence-electron chi connectivity index (χ1n) is 18.6. The van der Waals surface area contributed by atoms with E-state index >= 15 is 0 Å². The molecule has 0 aliphatic carbocycles. The quantitative estimate of drug-likeness (QED) is 0.167. The first-order valence-corrected chi connectivity index (χ1v) is 18.6. The zero-order valence-corrected chi connectivity index (χ0v) is 30.3. The summed E-state index contributed by atoms with van der Waals surface area (Å²) in [5, 5.41) is 16.3. The van der Waals surface area contributed by atoms with Gasteiger partial charge in [-0.05, 0) is 89.3 Å². The van der Waals surface area contributed by atoms with Crippen LogP contribution >= 0.6 is 0 Å². The minimum absolute atomic E-state index is 0.508. The van der Waals surface area contributed by atoms with Crippen molar-refractivity contribution in [1.29, 1.82) is 5.26 Å². The second kappa shape index (κ2) is 12.3. The van der Waals surface area contributed by atoms with Crippen LogP contribution in [0.25, 0.3) is 103 Å². The van der Waals surface area contributed by atoms with Crippen LogP contribution < -0.4 is 0 Å². The van der Waals surface area contributed by atoms with Gasteiger partial charge in [-0.15, -0.1) is 0 Å². The van der Waals surface area contributed by atoms with E-state index in [0.29, 0.717) is 16.9 Å². The summed E-state index contributed by atoms with van der Waals surface area (Å²) in [7, 11) is 0. The third kappa shape index (κ3) is 4.68. The largest absolute Gasteiger partial charge is 0.318 e.